The number of rotatable bonds is 21. The van der Waals surface area contributed by atoms with Gasteiger partial charge in [-0.3, -0.25) is 24.9 Å². The van der Waals surface area contributed by atoms with Crippen LogP contribution in [0.1, 0.15) is 43.4 Å². The van der Waals surface area contributed by atoms with Crippen LogP contribution >= 0.6 is 7.92 Å². The van der Waals surface area contributed by atoms with E-state index in [1.165, 1.54) is 68.6 Å². The van der Waals surface area contributed by atoms with Crippen LogP contribution in [0.3, 0.4) is 0 Å². The van der Waals surface area contributed by atoms with Crippen molar-refractivity contribution in [2.75, 3.05) is 141 Å². The fourth-order valence-corrected chi connectivity index (χ4v) is 9.72. The summed E-state index contributed by atoms with van der Waals surface area (Å²) in [5.41, 5.74) is 5.09. The van der Waals surface area contributed by atoms with E-state index < -0.39 is 7.92 Å². The van der Waals surface area contributed by atoms with E-state index in [1.54, 1.807) is 115 Å². The van der Waals surface area contributed by atoms with Gasteiger partial charge < -0.3 is 278 Å². The SMILES string of the molecule is CC(C)=Nc1ccccc1[O-].CN(C)[O-].CN=Cc1ccccc1[O-].COCC[O-].COCC[S-].C[N-]CCOC.Cc1ccc([O-])nc1.[Br-].[Br-].[Br-].[Br-].[CH2-]COCC1CCCO1.[CH2-]COCOC.[Cl-].[Cl-].[Cl-].[Cl-].[Cl-].[Cl-].[Cl-].[Cl-].[Mg+2].[Mg+2].[Mg+2].[Mg+2].[Mg+2].[Mg+2].[Mg+2].[Mg+2].[Mg+2].[Mg+2].[Mg+2].[Mg+2].[O-]CCP(c1ccccc1)c1ccccc1.[O-]c1cccc2cccnc12.[O-]c1ccccc1N=Cc1ccccc1. The molecule has 1 fully saturated rings. The smallest absolute Gasteiger partial charge is 1.00 e. The summed E-state index contributed by atoms with van der Waals surface area (Å²) in [6, 6.07) is 62.7. The van der Waals surface area contributed by atoms with Crippen molar-refractivity contribution < 1.29 is 236 Å². The summed E-state index contributed by atoms with van der Waals surface area (Å²) >= 11 is 4.53. The van der Waals surface area contributed by atoms with E-state index in [1.807, 2.05) is 118 Å². The number of fused-ring (bicyclic) bond motifs is 1. The van der Waals surface area contributed by atoms with Gasteiger partial charge in [-0.2, -0.15) is 12.8 Å². The first-order valence-corrected chi connectivity index (χ1v) is 35.7. The van der Waals surface area contributed by atoms with Gasteiger partial charge in [-0.1, -0.05) is 219 Å². The van der Waals surface area contributed by atoms with E-state index in [9.17, 15) is 41.0 Å². The van der Waals surface area contributed by atoms with Gasteiger partial charge in [-0.25, -0.2) is 0 Å². The number of benzene rings is 7. The van der Waals surface area contributed by atoms with Gasteiger partial charge in [0.2, 0.25) is 0 Å². The van der Waals surface area contributed by atoms with Crippen LogP contribution < -0.4 is 214 Å². The van der Waals surface area contributed by atoms with Gasteiger partial charge in [0.05, 0.1) is 29.6 Å². The minimum atomic E-state index is -0.463. The first-order valence-electron chi connectivity index (χ1n) is 33.6. The first kappa shape index (κ1) is 204. The summed E-state index contributed by atoms with van der Waals surface area (Å²) in [6.45, 7) is 18.1. The molecule has 0 N–H and O–H groups in total. The van der Waals surface area contributed by atoms with Gasteiger partial charge in [0, 0.05) is 92.4 Å². The summed E-state index contributed by atoms with van der Waals surface area (Å²) < 4.78 is 33.2. The average molecular weight is 2390 g/mol. The van der Waals surface area contributed by atoms with Crippen molar-refractivity contribution >= 4 is 348 Å². The van der Waals surface area contributed by atoms with Crippen LogP contribution in [0.4, 0.5) is 11.4 Å². The average Bonchev–Trinajstić information content (AvgIpc) is 1.39. The van der Waals surface area contributed by atoms with Crippen LogP contribution in [0.15, 0.2) is 234 Å². The zero-order chi connectivity index (χ0) is 79.1. The normalized spacial score (nSPS) is 9.18. The Kier molecular flexibility index (Phi) is 238. The molecule has 1 aliphatic heterocycles. The molecule has 1 aliphatic rings. The monoisotopic (exact) mass is 2370 g/mol. The second kappa shape index (κ2) is 152. The maximum Gasteiger partial charge on any atom is 2.00 e. The molecule has 678 valence electrons. The van der Waals surface area contributed by atoms with Crippen LogP contribution in [0.5, 0.6) is 28.9 Å². The largest absolute Gasteiger partial charge is 2.00 e. The Morgan fingerprint density at radius 3 is 1.29 bits per heavy atom. The third-order valence-corrected chi connectivity index (χ3v) is 14.9. The van der Waals surface area contributed by atoms with E-state index in [2.05, 4.69) is 105 Å². The molecule has 0 aliphatic carbocycles. The quantitative estimate of drug-likeness (QED) is 0.00942. The van der Waals surface area contributed by atoms with Gasteiger partial charge in [0.15, 0.2) is 0 Å². The molecular weight excluding hydrogens is 2280 g/mol. The molecule has 1 atom stereocenters. The molecule has 130 heavy (non-hydrogen) atoms. The van der Waals surface area contributed by atoms with Gasteiger partial charge >= 0.3 is 277 Å². The van der Waals surface area contributed by atoms with Gasteiger partial charge in [0.25, 0.3) is 0 Å². The molecule has 9 aromatic rings. The Morgan fingerprint density at radius 2 is 0.962 bits per heavy atom. The summed E-state index contributed by atoms with van der Waals surface area (Å²) in [5, 5.41) is 92.4. The number of aromatic nitrogens is 2. The summed E-state index contributed by atoms with van der Waals surface area (Å²) in [6.07, 6.45) is 9.85. The minimum Gasteiger partial charge on any atom is -1.00 e. The van der Waals surface area contributed by atoms with Crippen LogP contribution in [0.25, 0.3) is 16.2 Å². The number of aryl methyl sites for hydroxylation is 1. The first-order chi connectivity index (χ1) is 51.3. The van der Waals surface area contributed by atoms with Crippen molar-refractivity contribution in [3.8, 4) is 28.9 Å². The number of pyridine rings is 2. The minimum absolute atomic E-state index is 0. The number of para-hydroxylation sites is 6. The van der Waals surface area contributed by atoms with Crippen molar-refractivity contribution in [2.45, 2.75) is 39.7 Å². The van der Waals surface area contributed by atoms with E-state index >= 15 is 0 Å². The molecule has 48 heteroatoms. The molecule has 0 bridgehead atoms. The Labute approximate surface area is 1070 Å². The summed E-state index contributed by atoms with van der Waals surface area (Å²) in [5.74, 6) is 0.474. The van der Waals surface area contributed by atoms with Crippen molar-refractivity contribution in [2.24, 2.45) is 15.0 Å². The standard InChI is InChI=1S/C14H14OP.C13H11NO.C9H7NO.C9H11NO.C8H9NO.C7H13O2.C6H7NO.C4H10NO.C4H9O2.C3H7O2.C3H8OS.C2H6NO.4BrH.8ClH.12Mg/c15-11-12-16(13-7-3-1-4-8-13)14-9-5-2-6-10-14;15-13-9-5-4-8-12(13)14-10-11-6-2-1-3-7-11;11-8-5-1-3-7-4-2-6-10-9(7)8;1-7(2)10-8-5-3-4-6-9(8)11;1-9-6-7-4-2-3-5-8(7)10;1-2-8-6-7-4-3-5-9-7;1-5-2-3-6(8)7-4-5;1-5-3-4-6-2;1-3-6-4-5-2;1-5-3-2-4;1-4-2-3-5;1-3(2)4;;;;;;;;;;;;;;;;;;;;;;;;/h1-10H,11-12H2;1-10,15H;1-6,11H;3-6,11H,1-2H3;2-6,10H,1H3;7H,1-6H2;2-4H,1H3,(H,7,8);3-4H2,1-2H3;1,3-4H2,2H3;2-3H2,1H3;5H,2-3H2,1H3;1-2H3;12*1H;;;;;;;;;;;;/q-1;;;;;-1;;3*-1;;-1;;;;;;;;;;;;;12*+2/p-18. The Morgan fingerprint density at radius 1 is 0.531 bits per heavy atom. The second-order valence-electron chi connectivity index (χ2n) is 21.4. The van der Waals surface area contributed by atoms with E-state index in [4.69, 9.17) is 9.47 Å². The van der Waals surface area contributed by atoms with Crippen LogP contribution in [-0.4, -0.2) is 457 Å². The predicted octanol–water partition coefficient (Wildman–Crippen LogP) is -30.8. The number of likely N-dealkylation sites (N-methyl/N-ethyl adjacent to an activating group) is 1. The number of halogens is 12. The fraction of sp³-hybridized carbons (Fsp3) is 0.329. The van der Waals surface area contributed by atoms with Gasteiger partial charge in [0.1, 0.15) is 6.79 Å². The predicted molar refractivity (Wildman–Crippen MR) is 493 cm³/mol. The molecular formula is C82H106Br4Cl8Mg12N7O15PS. The number of aliphatic imine (C=N–C) groups is 3. The number of hydroxylamine groups is 2. The van der Waals surface area contributed by atoms with Gasteiger partial charge in [-0.15, -0.1) is 25.5 Å². The third-order valence-electron chi connectivity index (χ3n) is 12.3. The zero-order valence-corrected chi connectivity index (χ0v) is 107. The molecule has 1 unspecified atom stereocenters. The van der Waals surface area contributed by atoms with E-state index in [0.717, 1.165) is 66.2 Å². The Hall–Kier alpha value is 4.84. The number of hydrogen-bond acceptors (Lipinski definition) is 22. The third kappa shape index (κ3) is 123. The van der Waals surface area contributed by atoms with Crippen LogP contribution in [-0.2, 0) is 45.8 Å². The number of ether oxygens (including phenoxy) is 7. The zero-order valence-electron chi connectivity index (χ0n) is 76.2. The van der Waals surface area contributed by atoms with Gasteiger partial charge in [-0.05, 0) is 119 Å². The Balaban J connectivity index is -0.0000000378. The number of methoxy groups -OCH3 is 4. The van der Waals surface area contributed by atoms with Crippen LogP contribution in [0, 0.1) is 26.0 Å². The molecule has 22 nitrogen and oxygen atoms in total. The molecule has 1 saturated heterocycles. The van der Waals surface area contributed by atoms with Crippen molar-refractivity contribution in [3.63, 3.8) is 0 Å². The maximum atomic E-state index is 11.3. The van der Waals surface area contributed by atoms with E-state index in [0.29, 0.717) is 67.5 Å². The molecule has 0 radical (unpaired) electrons. The molecule has 0 saturated carbocycles. The maximum absolute atomic E-state index is 11.3. The Bertz CT molecular complexity index is 3560. The van der Waals surface area contributed by atoms with Crippen molar-refractivity contribution in [1.82, 2.24) is 15.0 Å². The second-order valence-corrected chi connectivity index (χ2v) is 24.1. The molecule has 7 aromatic carbocycles. The molecule has 2 aromatic heterocycles. The summed E-state index contributed by atoms with van der Waals surface area (Å²) in [4.78, 5) is 19.4. The van der Waals surface area contributed by atoms with Crippen molar-refractivity contribution in [1.29, 1.82) is 0 Å². The van der Waals surface area contributed by atoms with E-state index in [-0.39, 0.29) is 486 Å². The molecule has 0 amide bonds. The summed E-state index contributed by atoms with van der Waals surface area (Å²) in [7, 11) is 12.3. The number of nitrogens with zero attached hydrogens (tertiary/aromatic N) is 7. The topological polar surface area (TPSA) is 329 Å². The van der Waals surface area contributed by atoms with Crippen molar-refractivity contribution in [3.05, 3.63) is 260 Å². The molecule has 10 rings (SSSR count). The number of hydrogen-bond donors (Lipinski definition) is 0. The molecule has 0 spiro atoms. The fourth-order valence-electron chi connectivity index (χ4n) is 7.49. The van der Waals surface area contributed by atoms with Crippen LogP contribution in [0.2, 0.25) is 0 Å². The molecule has 3 heterocycles.